The van der Waals surface area contributed by atoms with Gasteiger partial charge in [0.05, 0.1) is 6.61 Å². The first kappa shape index (κ1) is 8.66. The number of rotatable bonds is 4. The minimum absolute atomic E-state index is 0.217. The van der Waals surface area contributed by atoms with E-state index in [0.717, 1.165) is 0 Å². The van der Waals surface area contributed by atoms with Crippen LogP contribution in [0.5, 0.6) is 0 Å². The van der Waals surface area contributed by atoms with Crippen molar-refractivity contribution >= 4 is 0 Å². The van der Waals surface area contributed by atoms with Crippen LogP contribution in [0.15, 0.2) is 12.7 Å². The molecule has 0 aliphatic carbocycles. The number of aliphatic hydroxyl groups excluding tert-OH is 1. The van der Waals surface area contributed by atoms with Crippen molar-refractivity contribution < 1.29 is 5.11 Å². The van der Waals surface area contributed by atoms with Crippen LogP contribution < -0.4 is 0 Å². The summed E-state index contributed by atoms with van der Waals surface area (Å²) >= 11 is 0. The Hall–Kier alpha value is -0.340. The van der Waals surface area contributed by atoms with Gasteiger partial charge in [0, 0.05) is 12.6 Å². The smallest absolute Gasteiger partial charge is 0.0558 e. The summed E-state index contributed by atoms with van der Waals surface area (Å²) in [6.07, 6.45) is 1.86. The van der Waals surface area contributed by atoms with Gasteiger partial charge in [-0.3, -0.25) is 4.90 Å². The highest BCUT2D eigenvalue weighted by molar-refractivity contribution is 4.81. The lowest BCUT2D eigenvalue weighted by molar-refractivity contribution is 0.206. The standard InChI is InChI=1S/C7H15NO/c1-4-7(2)8(3)5-6-9/h4,7,9H,1,5-6H2,2-3H3. The number of nitrogens with zero attached hydrogens (tertiary/aromatic N) is 1. The van der Waals surface area contributed by atoms with Crippen LogP contribution in [0.2, 0.25) is 0 Å². The third kappa shape index (κ3) is 3.27. The van der Waals surface area contributed by atoms with Crippen LogP contribution in [0.25, 0.3) is 0 Å². The summed E-state index contributed by atoms with van der Waals surface area (Å²) in [6, 6.07) is 0.358. The molecule has 0 spiro atoms. The summed E-state index contributed by atoms with van der Waals surface area (Å²) in [4.78, 5) is 2.03. The third-order valence-electron chi connectivity index (χ3n) is 1.49. The fourth-order valence-electron chi connectivity index (χ4n) is 0.541. The largest absolute Gasteiger partial charge is 0.395 e. The van der Waals surface area contributed by atoms with E-state index in [0.29, 0.717) is 12.6 Å². The predicted molar refractivity (Wildman–Crippen MR) is 39.4 cm³/mol. The van der Waals surface area contributed by atoms with Crippen molar-refractivity contribution in [2.24, 2.45) is 0 Å². The summed E-state index contributed by atoms with van der Waals surface area (Å²) in [7, 11) is 1.96. The van der Waals surface area contributed by atoms with Gasteiger partial charge in [-0.1, -0.05) is 6.08 Å². The monoisotopic (exact) mass is 129 g/mol. The van der Waals surface area contributed by atoms with Gasteiger partial charge < -0.3 is 5.11 Å². The molecule has 0 rings (SSSR count). The van der Waals surface area contributed by atoms with Gasteiger partial charge in [-0.15, -0.1) is 6.58 Å². The zero-order valence-corrected chi connectivity index (χ0v) is 6.17. The van der Waals surface area contributed by atoms with Gasteiger partial charge in [0.2, 0.25) is 0 Å². The molecular formula is C7H15NO. The Balaban J connectivity index is 3.44. The topological polar surface area (TPSA) is 23.5 Å². The molecule has 0 aromatic heterocycles. The van der Waals surface area contributed by atoms with E-state index >= 15 is 0 Å². The van der Waals surface area contributed by atoms with Crippen LogP contribution in [-0.4, -0.2) is 36.2 Å². The molecule has 0 aromatic rings. The van der Waals surface area contributed by atoms with E-state index in [1.807, 2.05) is 24.9 Å². The van der Waals surface area contributed by atoms with Gasteiger partial charge in [-0.05, 0) is 14.0 Å². The highest BCUT2D eigenvalue weighted by atomic mass is 16.3. The van der Waals surface area contributed by atoms with Gasteiger partial charge >= 0.3 is 0 Å². The number of hydrogen-bond donors (Lipinski definition) is 1. The molecule has 0 aliphatic heterocycles. The van der Waals surface area contributed by atoms with Crippen molar-refractivity contribution in [1.82, 2.24) is 4.90 Å². The van der Waals surface area contributed by atoms with E-state index < -0.39 is 0 Å². The van der Waals surface area contributed by atoms with Crippen molar-refractivity contribution in [3.8, 4) is 0 Å². The second-order valence-corrected chi connectivity index (χ2v) is 2.18. The summed E-state index contributed by atoms with van der Waals surface area (Å²) in [5, 5.41) is 8.51. The molecule has 2 nitrogen and oxygen atoms in total. The molecule has 2 heteroatoms. The molecule has 0 bridgehead atoms. The highest BCUT2D eigenvalue weighted by Gasteiger charge is 2.01. The van der Waals surface area contributed by atoms with Crippen molar-refractivity contribution in [1.29, 1.82) is 0 Å². The average molecular weight is 129 g/mol. The van der Waals surface area contributed by atoms with Crippen LogP contribution in [0.3, 0.4) is 0 Å². The Morgan fingerprint density at radius 3 is 2.67 bits per heavy atom. The number of aliphatic hydroxyl groups is 1. The molecule has 0 heterocycles. The van der Waals surface area contributed by atoms with Crippen molar-refractivity contribution in [2.75, 3.05) is 20.2 Å². The third-order valence-corrected chi connectivity index (χ3v) is 1.49. The zero-order valence-electron chi connectivity index (χ0n) is 6.17. The molecular weight excluding hydrogens is 114 g/mol. The maximum Gasteiger partial charge on any atom is 0.0558 e. The molecule has 0 aliphatic rings. The minimum atomic E-state index is 0.217. The lowest BCUT2D eigenvalue weighted by Crippen LogP contribution is -2.29. The Morgan fingerprint density at radius 2 is 2.33 bits per heavy atom. The van der Waals surface area contributed by atoms with Gasteiger partial charge in [-0.25, -0.2) is 0 Å². The summed E-state index contributed by atoms with van der Waals surface area (Å²) in [5.74, 6) is 0. The van der Waals surface area contributed by atoms with Crippen molar-refractivity contribution in [3.63, 3.8) is 0 Å². The van der Waals surface area contributed by atoms with Gasteiger partial charge in [0.25, 0.3) is 0 Å². The lowest BCUT2D eigenvalue weighted by atomic mass is 10.3. The molecule has 9 heavy (non-hydrogen) atoms. The van der Waals surface area contributed by atoms with E-state index in [-0.39, 0.29) is 6.61 Å². The zero-order chi connectivity index (χ0) is 7.28. The highest BCUT2D eigenvalue weighted by Crippen LogP contribution is 1.93. The Kier molecular flexibility index (Phi) is 4.36. The summed E-state index contributed by atoms with van der Waals surface area (Å²) in [5.41, 5.74) is 0. The lowest BCUT2D eigenvalue weighted by Gasteiger charge is -2.19. The second-order valence-electron chi connectivity index (χ2n) is 2.18. The van der Waals surface area contributed by atoms with Crippen LogP contribution in [0.4, 0.5) is 0 Å². The van der Waals surface area contributed by atoms with Crippen LogP contribution in [-0.2, 0) is 0 Å². The van der Waals surface area contributed by atoms with E-state index in [9.17, 15) is 0 Å². The number of hydrogen-bond acceptors (Lipinski definition) is 2. The molecule has 0 saturated heterocycles. The first-order chi connectivity index (χ1) is 4.22. The van der Waals surface area contributed by atoms with Gasteiger partial charge in [-0.2, -0.15) is 0 Å². The fraction of sp³-hybridized carbons (Fsp3) is 0.714. The number of likely N-dealkylation sites (N-methyl/N-ethyl adjacent to an activating group) is 1. The van der Waals surface area contributed by atoms with E-state index in [1.165, 1.54) is 0 Å². The first-order valence-electron chi connectivity index (χ1n) is 3.16. The quantitative estimate of drug-likeness (QED) is 0.558. The SMILES string of the molecule is C=CC(C)N(C)CCO. The minimum Gasteiger partial charge on any atom is -0.395 e. The van der Waals surface area contributed by atoms with E-state index in [4.69, 9.17) is 5.11 Å². The van der Waals surface area contributed by atoms with Crippen molar-refractivity contribution in [3.05, 3.63) is 12.7 Å². The molecule has 1 unspecified atom stereocenters. The Labute approximate surface area is 56.8 Å². The maximum atomic E-state index is 8.51. The van der Waals surface area contributed by atoms with E-state index in [1.54, 1.807) is 0 Å². The maximum absolute atomic E-state index is 8.51. The van der Waals surface area contributed by atoms with Crippen LogP contribution in [0, 0.1) is 0 Å². The molecule has 1 atom stereocenters. The van der Waals surface area contributed by atoms with Crippen LogP contribution >= 0.6 is 0 Å². The van der Waals surface area contributed by atoms with Gasteiger partial charge in [0.15, 0.2) is 0 Å². The normalized spacial score (nSPS) is 13.8. The second kappa shape index (κ2) is 4.53. The van der Waals surface area contributed by atoms with Gasteiger partial charge in [0.1, 0.15) is 0 Å². The predicted octanol–water partition coefficient (Wildman–Crippen LogP) is 0.485. The molecule has 0 radical (unpaired) electrons. The molecule has 0 saturated carbocycles. The molecule has 0 fully saturated rings. The average Bonchev–Trinajstić information content (AvgIpc) is 1.87. The molecule has 1 N–H and O–H groups in total. The van der Waals surface area contributed by atoms with Crippen LogP contribution in [0.1, 0.15) is 6.92 Å². The Morgan fingerprint density at radius 1 is 1.78 bits per heavy atom. The first-order valence-corrected chi connectivity index (χ1v) is 3.16. The molecule has 0 amide bonds. The fourth-order valence-corrected chi connectivity index (χ4v) is 0.541. The van der Waals surface area contributed by atoms with Crippen molar-refractivity contribution in [2.45, 2.75) is 13.0 Å². The summed E-state index contributed by atoms with van der Waals surface area (Å²) < 4.78 is 0. The summed E-state index contributed by atoms with van der Waals surface area (Å²) in [6.45, 7) is 6.62. The Bertz CT molecular complexity index is 83.0. The van der Waals surface area contributed by atoms with E-state index in [2.05, 4.69) is 6.58 Å². The molecule has 0 aromatic carbocycles. The molecule has 54 valence electrons.